The van der Waals surface area contributed by atoms with Crippen molar-refractivity contribution < 1.29 is 23.9 Å². The summed E-state index contributed by atoms with van der Waals surface area (Å²) in [5.41, 5.74) is 2.33. The Morgan fingerprint density at radius 3 is 2.62 bits per heavy atom. The molecule has 0 saturated carbocycles. The first-order chi connectivity index (χ1) is 16.2. The molecule has 2 aromatic rings. The largest absolute Gasteiger partial charge is 0.501 e. The first kappa shape index (κ1) is 24.6. The molecule has 0 radical (unpaired) electrons. The van der Waals surface area contributed by atoms with Gasteiger partial charge < -0.3 is 24.6 Å². The monoisotopic (exact) mass is 463 g/mol. The van der Waals surface area contributed by atoms with Gasteiger partial charge in [-0.05, 0) is 29.8 Å². The van der Waals surface area contributed by atoms with E-state index in [0.29, 0.717) is 29.3 Å². The SMILES string of the molecule is C=C(/C=C(/Cc1ccccc1)OC)C(=O)N[C@H]1COc2ccc(N(C)C(C)=O)cc2N(C)C1=O. The molecule has 3 rings (SSSR count). The summed E-state index contributed by atoms with van der Waals surface area (Å²) in [6.07, 6.45) is 2.07. The van der Waals surface area contributed by atoms with Gasteiger partial charge in [-0.2, -0.15) is 0 Å². The highest BCUT2D eigenvalue weighted by atomic mass is 16.5. The number of allylic oxidation sites excluding steroid dienone is 1. The lowest BCUT2D eigenvalue weighted by Gasteiger charge is -2.22. The van der Waals surface area contributed by atoms with E-state index in [9.17, 15) is 14.4 Å². The number of amides is 3. The number of ether oxygens (including phenoxy) is 2. The Labute approximate surface area is 199 Å². The Balaban J connectivity index is 1.71. The van der Waals surface area contributed by atoms with Crippen molar-refractivity contribution in [2.75, 3.05) is 37.6 Å². The second-order valence-corrected chi connectivity index (χ2v) is 7.97. The van der Waals surface area contributed by atoms with Crippen LogP contribution in [-0.2, 0) is 25.5 Å². The fourth-order valence-electron chi connectivity index (χ4n) is 3.47. The number of nitrogens with one attached hydrogen (secondary N) is 1. The van der Waals surface area contributed by atoms with E-state index in [1.807, 2.05) is 30.3 Å². The maximum Gasteiger partial charge on any atom is 0.252 e. The van der Waals surface area contributed by atoms with Crippen molar-refractivity contribution in [3.05, 3.63) is 78.1 Å². The molecular formula is C26H29N3O5. The minimum absolute atomic E-state index is 0.0397. The minimum Gasteiger partial charge on any atom is -0.501 e. The highest BCUT2D eigenvalue weighted by molar-refractivity contribution is 6.04. The van der Waals surface area contributed by atoms with E-state index in [2.05, 4.69) is 11.9 Å². The van der Waals surface area contributed by atoms with Gasteiger partial charge in [0.1, 0.15) is 24.2 Å². The van der Waals surface area contributed by atoms with Crippen molar-refractivity contribution in [2.45, 2.75) is 19.4 Å². The fraction of sp³-hybridized carbons (Fsp3) is 0.269. The Hall–Kier alpha value is -4.07. The number of methoxy groups -OCH3 is 1. The molecule has 1 atom stereocenters. The topological polar surface area (TPSA) is 88.2 Å². The van der Waals surface area contributed by atoms with E-state index in [4.69, 9.17) is 9.47 Å². The summed E-state index contributed by atoms with van der Waals surface area (Å²) in [6, 6.07) is 13.9. The van der Waals surface area contributed by atoms with Gasteiger partial charge in [0, 0.05) is 38.7 Å². The van der Waals surface area contributed by atoms with Crippen molar-refractivity contribution in [1.29, 1.82) is 0 Å². The third-order valence-corrected chi connectivity index (χ3v) is 5.61. The molecule has 8 nitrogen and oxygen atoms in total. The van der Waals surface area contributed by atoms with Crippen LogP contribution in [0.2, 0.25) is 0 Å². The van der Waals surface area contributed by atoms with Gasteiger partial charge in [-0.15, -0.1) is 0 Å². The number of hydrogen-bond donors (Lipinski definition) is 1. The third-order valence-electron chi connectivity index (χ3n) is 5.61. The molecule has 34 heavy (non-hydrogen) atoms. The van der Waals surface area contributed by atoms with Crippen LogP contribution in [0.3, 0.4) is 0 Å². The van der Waals surface area contributed by atoms with Crippen LogP contribution in [-0.4, -0.2) is 51.6 Å². The summed E-state index contributed by atoms with van der Waals surface area (Å²) >= 11 is 0. The number of rotatable bonds is 7. The summed E-state index contributed by atoms with van der Waals surface area (Å²) < 4.78 is 11.2. The second-order valence-electron chi connectivity index (χ2n) is 7.97. The summed E-state index contributed by atoms with van der Waals surface area (Å²) in [4.78, 5) is 40.5. The molecule has 0 aromatic heterocycles. The standard InChI is InChI=1S/C26H29N3O5/c1-17(13-21(33-5)14-19-9-7-6-8-10-19)25(31)27-22-16-34-24-12-11-20(28(3)18(2)30)15-23(24)29(4)26(22)32/h6-13,15,22H,1,14,16H2,2-5H3,(H,27,31)/b21-13-/t22-/m0/s1. The van der Waals surface area contributed by atoms with Crippen LogP contribution in [0.25, 0.3) is 0 Å². The van der Waals surface area contributed by atoms with Gasteiger partial charge in [0.15, 0.2) is 0 Å². The minimum atomic E-state index is -0.913. The molecule has 0 aliphatic carbocycles. The Kier molecular flexibility index (Phi) is 7.73. The molecule has 1 aliphatic heterocycles. The maximum atomic E-state index is 13.1. The van der Waals surface area contributed by atoms with Crippen molar-refractivity contribution in [3.63, 3.8) is 0 Å². The van der Waals surface area contributed by atoms with E-state index in [1.165, 1.54) is 23.8 Å². The second kappa shape index (κ2) is 10.7. The summed E-state index contributed by atoms with van der Waals surface area (Å²) in [5, 5.41) is 2.70. The van der Waals surface area contributed by atoms with E-state index < -0.39 is 11.9 Å². The van der Waals surface area contributed by atoms with Gasteiger partial charge in [0.25, 0.3) is 11.8 Å². The van der Waals surface area contributed by atoms with Crippen molar-refractivity contribution in [1.82, 2.24) is 5.32 Å². The predicted molar refractivity (Wildman–Crippen MR) is 131 cm³/mol. The van der Waals surface area contributed by atoms with Gasteiger partial charge in [0.05, 0.1) is 12.8 Å². The van der Waals surface area contributed by atoms with Crippen molar-refractivity contribution in [3.8, 4) is 5.75 Å². The Morgan fingerprint density at radius 2 is 1.97 bits per heavy atom. The van der Waals surface area contributed by atoms with E-state index in [-0.39, 0.29) is 24.0 Å². The average Bonchev–Trinajstić information content (AvgIpc) is 2.95. The summed E-state index contributed by atoms with van der Waals surface area (Å²) in [5.74, 6) is 0.0736. The quantitative estimate of drug-likeness (QED) is 0.388. The number of carbonyl (C=O) groups excluding carboxylic acids is 3. The fourth-order valence-corrected chi connectivity index (χ4v) is 3.47. The van der Waals surface area contributed by atoms with Crippen LogP contribution in [0.5, 0.6) is 5.75 Å². The summed E-state index contributed by atoms with van der Waals surface area (Å²) in [6.45, 7) is 5.25. The number of likely N-dealkylation sites (N-methyl/N-ethyl adjacent to an activating group) is 1. The smallest absolute Gasteiger partial charge is 0.252 e. The molecular weight excluding hydrogens is 434 g/mol. The molecule has 0 unspecified atom stereocenters. The maximum absolute atomic E-state index is 13.1. The first-order valence-electron chi connectivity index (χ1n) is 10.8. The highest BCUT2D eigenvalue weighted by Crippen LogP contribution is 2.34. The zero-order chi connectivity index (χ0) is 24.8. The van der Waals surface area contributed by atoms with Crippen LogP contribution in [0, 0.1) is 0 Å². The summed E-state index contributed by atoms with van der Waals surface area (Å²) in [7, 11) is 4.79. The number of nitrogens with zero attached hydrogens (tertiary/aromatic N) is 2. The van der Waals surface area contributed by atoms with E-state index >= 15 is 0 Å². The number of fused-ring (bicyclic) bond motifs is 1. The van der Waals surface area contributed by atoms with Crippen LogP contribution in [0.1, 0.15) is 12.5 Å². The molecule has 1 N–H and O–H groups in total. The van der Waals surface area contributed by atoms with Crippen LogP contribution < -0.4 is 19.9 Å². The Bertz CT molecular complexity index is 1130. The molecule has 1 heterocycles. The van der Waals surface area contributed by atoms with Crippen LogP contribution >= 0.6 is 0 Å². The van der Waals surface area contributed by atoms with E-state index in [0.717, 1.165) is 5.56 Å². The zero-order valence-corrected chi connectivity index (χ0v) is 19.8. The lowest BCUT2D eigenvalue weighted by molar-refractivity contribution is -0.125. The van der Waals surface area contributed by atoms with Crippen molar-refractivity contribution >= 4 is 29.1 Å². The lowest BCUT2D eigenvalue weighted by Crippen LogP contribution is -2.49. The normalized spacial score (nSPS) is 15.5. The van der Waals surface area contributed by atoms with Gasteiger partial charge >= 0.3 is 0 Å². The lowest BCUT2D eigenvalue weighted by atomic mass is 10.1. The van der Waals surface area contributed by atoms with Gasteiger partial charge in [-0.1, -0.05) is 36.9 Å². The van der Waals surface area contributed by atoms with Crippen LogP contribution in [0.15, 0.2) is 72.5 Å². The van der Waals surface area contributed by atoms with E-state index in [1.54, 1.807) is 38.4 Å². The molecule has 1 aliphatic rings. The number of anilines is 2. The molecule has 0 saturated heterocycles. The molecule has 2 aromatic carbocycles. The molecule has 0 spiro atoms. The number of hydrogen-bond acceptors (Lipinski definition) is 5. The van der Waals surface area contributed by atoms with Crippen molar-refractivity contribution in [2.24, 2.45) is 0 Å². The third kappa shape index (κ3) is 5.64. The molecule has 0 fully saturated rings. The first-order valence-corrected chi connectivity index (χ1v) is 10.8. The zero-order valence-electron chi connectivity index (χ0n) is 19.8. The predicted octanol–water partition coefficient (Wildman–Crippen LogP) is 2.84. The molecule has 178 valence electrons. The highest BCUT2D eigenvalue weighted by Gasteiger charge is 2.31. The number of carbonyl (C=O) groups is 3. The average molecular weight is 464 g/mol. The Morgan fingerprint density at radius 1 is 1.26 bits per heavy atom. The molecule has 8 heteroatoms. The van der Waals surface area contributed by atoms with Gasteiger partial charge in [-0.25, -0.2) is 0 Å². The van der Waals surface area contributed by atoms with Gasteiger partial charge in [-0.3, -0.25) is 14.4 Å². The molecule has 0 bridgehead atoms. The number of benzene rings is 2. The van der Waals surface area contributed by atoms with Gasteiger partial charge in [0.2, 0.25) is 5.91 Å². The van der Waals surface area contributed by atoms with Crippen LogP contribution in [0.4, 0.5) is 11.4 Å². The molecule has 3 amide bonds.